The van der Waals surface area contributed by atoms with Crippen LogP contribution >= 0.6 is 0 Å². The lowest BCUT2D eigenvalue weighted by Gasteiger charge is -2.28. The van der Waals surface area contributed by atoms with Crippen molar-refractivity contribution >= 4 is 21.9 Å². The molecule has 0 heterocycles. The molecule has 25 heavy (non-hydrogen) atoms. The lowest BCUT2D eigenvalue weighted by molar-refractivity contribution is -0.136. The molecule has 0 aromatic heterocycles. The Kier molecular flexibility index (Phi) is 6.29. The second-order valence-corrected chi connectivity index (χ2v) is 8.16. The van der Waals surface area contributed by atoms with E-state index < -0.39 is 34.0 Å². The van der Waals surface area contributed by atoms with Gasteiger partial charge in [0.15, 0.2) is 6.61 Å². The molecule has 1 rings (SSSR count). The Bertz CT molecular complexity index is 792. The lowest BCUT2D eigenvalue weighted by Crippen LogP contribution is -2.45. The van der Waals surface area contributed by atoms with Crippen molar-refractivity contribution in [1.29, 1.82) is 5.26 Å². The monoisotopic (exact) mass is 367 g/mol. The SMILES string of the molecule is CN(C(=O)COC(=O)c1ccc(S(=O)(=O)N(C)C)cc1)C(C)(C)C#N. The van der Waals surface area contributed by atoms with Crippen LogP contribution in [0.3, 0.4) is 0 Å². The summed E-state index contributed by atoms with van der Waals surface area (Å²) in [6.45, 7) is 2.62. The number of sulfonamides is 1. The highest BCUT2D eigenvalue weighted by Crippen LogP contribution is 2.15. The summed E-state index contributed by atoms with van der Waals surface area (Å²) in [6, 6.07) is 7.18. The van der Waals surface area contributed by atoms with Crippen LogP contribution in [0.4, 0.5) is 0 Å². The fourth-order valence-electron chi connectivity index (χ4n) is 1.67. The maximum atomic E-state index is 12.0. The number of nitriles is 1. The van der Waals surface area contributed by atoms with Gasteiger partial charge in [-0.1, -0.05) is 0 Å². The molecule has 0 radical (unpaired) electrons. The highest BCUT2D eigenvalue weighted by Gasteiger charge is 2.28. The molecule has 0 unspecified atom stereocenters. The average Bonchev–Trinajstić information content (AvgIpc) is 2.58. The van der Waals surface area contributed by atoms with Gasteiger partial charge in [-0.25, -0.2) is 17.5 Å². The molecule has 0 aliphatic heterocycles. The van der Waals surface area contributed by atoms with Crippen LogP contribution in [0.2, 0.25) is 0 Å². The number of benzene rings is 1. The van der Waals surface area contributed by atoms with Gasteiger partial charge in [-0.3, -0.25) is 4.79 Å². The van der Waals surface area contributed by atoms with E-state index in [4.69, 9.17) is 10.00 Å². The summed E-state index contributed by atoms with van der Waals surface area (Å²) in [4.78, 5) is 25.2. The van der Waals surface area contributed by atoms with E-state index in [9.17, 15) is 18.0 Å². The lowest BCUT2D eigenvalue weighted by atomic mass is 10.1. The number of likely N-dealkylation sites (N-methyl/N-ethyl adjacent to an activating group) is 1. The van der Waals surface area contributed by atoms with E-state index in [1.165, 1.54) is 50.3 Å². The van der Waals surface area contributed by atoms with Crippen molar-refractivity contribution < 1.29 is 22.7 Å². The molecule has 8 nitrogen and oxygen atoms in total. The summed E-state index contributed by atoms with van der Waals surface area (Å²) in [5, 5.41) is 9.00. The average molecular weight is 367 g/mol. The molecule has 0 aliphatic carbocycles. The fourth-order valence-corrected chi connectivity index (χ4v) is 2.57. The van der Waals surface area contributed by atoms with Crippen LogP contribution in [0, 0.1) is 11.3 Å². The summed E-state index contributed by atoms with van der Waals surface area (Å²) < 4.78 is 29.9. The van der Waals surface area contributed by atoms with Crippen molar-refractivity contribution in [2.24, 2.45) is 0 Å². The van der Waals surface area contributed by atoms with Crippen molar-refractivity contribution in [3.05, 3.63) is 29.8 Å². The van der Waals surface area contributed by atoms with E-state index in [1.54, 1.807) is 13.8 Å². The Labute approximate surface area is 147 Å². The quantitative estimate of drug-likeness (QED) is 0.690. The van der Waals surface area contributed by atoms with E-state index in [1.807, 2.05) is 6.07 Å². The summed E-state index contributed by atoms with van der Waals surface area (Å²) in [5.41, 5.74) is -0.904. The van der Waals surface area contributed by atoms with Crippen molar-refractivity contribution in [2.45, 2.75) is 24.3 Å². The Balaban J connectivity index is 2.77. The Morgan fingerprint density at radius 3 is 2.12 bits per heavy atom. The summed E-state index contributed by atoms with van der Waals surface area (Å²) >= 11 is 0. The van der Waals surface area contributed by atoms with E-state index in [2.05, 4.69) is 0 Å². The second-order valence-electron chi connectivity index (χ2n) is 6.01. The molecule has 1 amide bonds. The van der Waals surface area contributed by atoms with Crippen molar-refractivity contribution in [3.8, 4) is 6.07 Å². The number of ether oxygens (including phenoxy) is 1. The first-order chi connectivity index (χ1) is 11.4. The molecule has 0 saturated heterocycles. The van der Waals surface area contributed by atoms with Gasteiger partial charge in [0, 0.05) is 21.1 Å². The van der Waals surface area contributed by atoms with E-state index in [-0.39, 0.29) is 10.5 Å². The number of esters is 1. The van der Waals surface area contributed by atoms with Gasteiger partial charge in [0.2, 0.25) is 10.0 Å². The Hall–Kier alpha value is -2.44. The zero-order valence-corrected chi connectivity index (χ0v) is 15.6. The van der Waals surface area contributed by atoms with Crippen LogP contribution < -0.4 is 0 Å². The molecule has 0 saturated carbocycles. The molecule has 1 aromatic carbocycles. The molecule has 0 spiro atoms. The standard InChI is InChI=1S/C16H21N3O5S/c1-16(2,11-17)19(5)14(20)10-24-15(21)12-6-8-13(9-7-12)25(22,23)18(3)4/h6-9H,10H2,1-5H3. The van der Waals surface area contributed by atoms with Crippen molar-refractivity contribution in [2.75, 3.05) is 27.7 Å². The van der Waals surface area contributed by atoms with Crippen molar-refractivity contribution in [3.63, 3.8) is 0 Å². The minimum Gasteiger partial charge on any atom is -0.452 e. The third-order valence-corrected chi connectivity index (χ3v) is 5.51. The predicted molar refractivity (Wildman–Crippen MR) is 90.1 cm³/mol. The van der Waals surface area contributed by atoms with Crippen LogP contribution in [0.5, 0.6) is 0 Å². The van der Waals surface area contributed by atoms with Gasteiger partial charge in [-0.15, -0.1) is 0 Å². The van der Waals surface area contributed by atoms with Gasteiger partial charge in [0.05, 0.1) is 16.5 Å². The molecular weight excluding hydrogens is 346 g/mol. The maximum Gasteiger partial charge on any atom is 0.338 e. The zero-order chi connectivity index (χ0) is 19.4. The van der Waals surface area contributed by atoms with Crippen LogP contribution in [-0.4, -0.2) is 62.8 Å². The zero-order valence-electron chi connectivity index (χ0n) is 14.8. The number of rotatable bonds is 6. The predicted octanol–water partition coefficient (Wildman–Crippen LogP) is 0.854. The number of nitrogens with zero attached hydrogens (tertiary/aromatic N) is 3. The van der Waals surface area contributed by atoms with Crippen LogP contribution in [-0.2, 0) is 19.6 Å². The van der Waals surface area contributed by atoms with Crippen LogP contribution in [0.1, 0.15) is 24.2 Å². The number of amides is 1. The smallest absolute Gasteiger partial charge is 0.338 e. The van der Waals surface area contributed by atoms with Crippen molar-refractivity contribution in [1.82, 2.24) is 9.21 Å². The first kappa shape index (κ1) is 20.6. The Morgan fingerprint density at radius 2 is 1.68 bits per heavy atom. The molecule has 9 heteroatoms. The Morgan fingerprint density at radius 1 is 1.16 bits per heavy atom. The molecular formula is C16H21N3O5S. The minimum absolute atomic E-state index is 0.0422. The normalized spacial score (nSPS) is 11.7. The largest absolute Gasteiger partial charge is 0.452 e. The molecule has 0 N–H and O–H groups in total. The molecule has 0 fully saturated rings. The van der Waals surface area contributed by atoms with Gasteiger partial charge >= 0.3 is 5.97 Å². The summed E-state index contributed by atoms with van der Waals surface area (Å²) in [6.07, 6.45) is 0. The minimum atomic E-state index is -3.59. The van der Waals surface area contributed by atoms with Gasteiger partial charge in [0.1, 0.15) is 5.54 Å². The van der Waals surface area contributed by atoms with Gasteiger partial charge in [0.25, 0.3) is 5.91 Å². The molecule has 0 aliphatic rings. The van der Waals surface area contributed by atoms with E-state index in [0.29, 0.717) is 0 Å². The fraction of sp³-hybridized carbons (Fsp3) is 0.438. The van der Waals surface area contributed by atoms with Crippen LogP contribution in [0.25, 0.3) is 0 Å². The van der Waals surface area contributed by atoms with E-state index >= 15 is 0 Å². The maximum absolute atomic E-state index is 12.0. The topological polar surface area (TPSA) is 108 Å². The number of carbonyl (C=O) groups is 2. The van der Waals surface area contributed by atoms with Gasteiger partial charge in [-0.2, -0.15) is 5.26 Å². The molecule has 1 aromatic rings. The molecule has 136 valence electrons. The van der Waals surface area contributed by atoms with Crippen LogP contribution in [0.15, 0.2) is 29.2 Å². The van der Waals surface area contributed by atoms with E-state index in [0.717, 1.165) is 4.31 Å². The third kappa shape index (κ3) is 4.78. The highest BCUT2D eigenvalue weighted by atomic mass is 32.2. The summed E-state index contributed by atoms with van der Waals surface area (Å²) in [5.74, 6) is -1.28. The number of hydrogen-bond donors (Lipinski definition) is 0. The summed E-state index contributed by atoms with van der Waals surface area (Å²) in [7, 11) is 0.669. The highest BCUT2D eigenvalue weighted by molar-refractivity contribution is 7.89. The van der Waals surface area contributed by atoms with Gasteiger partial charge < -0.3 is 9.64 Å². The second kappa shape index (κ2) is 7.63. The molecule has 0 atom stereocenters. The number of carbonyl (C=O) groups excluding carboxylic acids is 2. The first-order valence-electron chi connectivity index (χ1n) is 7.31. The van der Waals surface area contributed by atoms with Gasteiger partial charge in [-0.05, 0) is 38.1 Å². The number of hydrogen-bond acceptors (Lipinski definition) is 6. The molecule has 0 bridgehead atoms. The first-order valence-corrected chi connectivity index (χ1v) is 8.75. The third-order valence-electron chi connectivity index (χ3n) is 3.68.